The number of carbonyl (C=O) groups is 1. The molecule has 2 aromatic carbocycles. The maximum Gasteiger partial charge on any atom is 0.234 e. The predicted molar refractivity (Wildman–Crippen MR) is 114 cm³/mol. The third-order valence-electron chi connectivity index (χ3n) is 4.68. The molecule has 8 heteroatoms. The number of para-hydroxylation sites is 1. The van der Waals surface area contributed by atoms with Crippen molar-refractivity contribution in [2.75, 3.05) is 11.1 Å². The van der Waals surface area contributed by atoms with Gasteiger partial charge in [0.05, 0.1) is 21.5 Å². The van der Waals surface area contributed by atoms with E-state index in [4.69, 9.17) is 23.2 Å². The van der Waals surface area contributed by atoms with E-state index in [9.17, 15) is 4.79 Å². The molecule has 4 rings (SSSR count). The van der Waals surface area contributed by atoms with Crippen LogP contribution in [0.25, 0.3) is 11.4 Å². The number of rotatable bonds is 4. The lowest BCUT2D eigenvalue weighted by Gasteiger charge is -2.34. The first kappa shape index (κ1) is 19.3. The fourth-order valence-corrected chi connectivity index (χ4v) is 4.83. The highest BCUT2D eigenvalue weighted by Gasteiger charge is 2.34. The van der Waals surface area contributed by atoms with Gasteiger partial charge in [-0.15, -0.1) is 10.2 Å². The summed E-state index contributed by atoms with van der Waals surface area (Å²) in [7, 11) is 0. The van der Waals surface area contributed by atoms with Crippen LogP contribution in [0.5, 0.6) is 0 Å². The molecule has 5 nitrogen and oxygen atoms in total. The van der Waals surface area contributed by atoms with Crippen molar-refractivity contribution in [2.45, 2.75) is 31.0 Å². The zero-order chi connectivity index (χ0) is 19.9. The van der Waals surface area contributed by atoms with Gasteiger partial charge in [-0.3, -0.25) is 9.36 Å². The van der Waals surface area contributed by atoms with Crippen LogP contribution in [0.3, 0.4) is 0 Å². The largest absolute Gasteiger partial charge is 0.323 e. The molecule has 0 atom stereocenters. The second-order valence-corrected chi connectivity index (χ2v) is 8.98. The molecule has 0 unspecified atom stereocenters. The first-order valence-electron chi connectivity index (χ1n) is 8.77. The van der Waals surface area contributed by atoms with Crippen LogP contribution < -0.4 is 5.32 Å². The van der Waals surface area contributed by atoms with Crippen LogP contribution in [0.15, 0.2) is 47.6 Å². The van der Waals surface area contributed by atoms with Crippen molar-refractivity contribution < 1.29 is 4.79 Å². The topological polar surface area (TPSA) is 59.8 Å². The van der Waals surface area contributed by atoms with Gasteiger partial charge in [0.2, 0.25) is 5.91 Å². The number of carbonyl (C=O) groups excluding carboxylic acids is 1. The number of amides is 1. The van der Waals surface area contributed by atoms with Gasteiger partial charge in [0.15, 0.2) is 11.0 Å². The Balaban J connectivity index is 1.55. The lowest BCUT2D eigenvalue weighted by atomic mass is 9.87. The van der Waals surface area contributed by atoms with Crippen LogP contribution in [0.2, 0.25) is 10.0 Å². The van der Waals surface area contributed by atoms with Crippen molar-refractivity contribution in [2.24, 2.45) is 0 Å². The number of nitrogens with zero attached hydrogens (tertiary/aromatic N) is 3. The molecule has 2 heterocycles. The molecule has 1 aliphatic heterocycles. The fraction of sp³-hybridized carbons (Fsp3) is 0.250. The molecule has 0 bridgehead atoms. The van der Waals surface area contributed by atoms with Crippen LogP contribution in [-0.2, 0) is 16.8 Å². The molecule has 0 spiro atoms. The zero-order valence-corrected chi connectivity index (χ0v) is 17.7. The molecule has 3 aromatic rings. The molecule has 1 N–H and O–H groups in total. The van der Waals surface area contributed by atoms with E-state index >= 15 is 0 Å². The Kier molecular flexibility index (Phi) is 5.12. The van der Waals surface area contributed by atoms with Crippen LogP contribution in [-0.4, -0.2) is 26.4 Å². The summed E-state index contributed by atoms with van der Waals surface area (Å²) in [6.45, 7) is 4.31. The highest BCUT2D eigenvalue weighted by atomic mass is 35.5. The number of fused-ring (bicyclic) bond motifs is 3. The monoisotopic (exact) mass is 432 g/mol. The predicted octanol–water partition coefficient (Wildman–Crippen LogP) is 5.27. The number of nitrogens with one attached hydrogen (secondary N) is 1. The molecule has 28 heavy (non-hydrogen) atoms. The highest BCUT2D eigenvalue weighted by molar-refractivity contribution is 7.99. The first-order valence-corrected chi connectivity index (χ1v) is 10.5. The van der Waals surface area contributed by atoms with Crippen molar-refractivity contribution in [1.82, 2.24) is 14.8 Å². The number of anilines is 1. The van der Waals surface area contributed by atoms with Gasteiger partial charge in [-0.2, -0.15) is 0 Å². The van der Waals surface area contributed by atoms with Gasteiger partial charge < -0.3 is 5.32 Å². The second-order valence-electron chi connectivity index (χ2n) is 7.22. The fourth-order valence-electron chi connectivity index (χ4n) is 3.44. The molecule has 0 fully saturated rings. The summed E-state index contributed by atoms with van der Waals surface area (Å²) in [5.41, 5.74) is 2.59. The Morgan fingerprint density at radius 3 is 2.61 bits per heavy atom. The second kappa shape index (κ2) is 7.43. The quantitative estimate of drug-likeness (QED) is 0.570. The summed E-state index contributed by atoms with van der Waals surface area (Å²) in [4.78, 5) is 12.4. The van der Waals surface area contributed by atoms with E-state index in [1.165, 1.54) is 17.3 Å². The third-order valence-corrected chi connectivity index (χ3v) is 6.24. The summed E-state index contributed by atoms with van der Waals surface area (Å²) < 4.78 is 2.12. The Labute approximate surface area is 177 Å². The molecule has 0 aliphatic carbocycles. The number of thioether (sulfide) groups is 1. The Morgan fingerprint density at radius 2 is 1.86 bits per heavy atom. The summed E-state index contributed by atoms with van der Waals surface area (Å²) >= 11 is 13.6. The first-order chi connectivity index (χ1) is 13.4. The van der Waals surface area contributed by atoms with Crippen LogP contribution in [0.1, 0.15) is 19.4 Å². The molecular formula is C20H18Cl2N4OS. The van der Waals surface area contributed by atoms with Crippen LogP contribution in [0.4, 0.5) is 5.69 Å². The molecule has 1 aromatic heterocycles. The van der Waals surface area contributed by atoms with Gasteiger partial charge >= 0.3 is 0 Å². The smallest absolute Gasteiger partial charge is 0.234 e. The number of hydrogen-bond donors (Lipinski definition) is 1. The molecule has 1 aliphatic rings. The highest BCUT2D eigenvalue weighted by Crippen LogP contribution is 2.39. The lowest BCUT2D eigenvalue weighted by Crippen LogP contribution is -2.33. The average molecular weight is 433 g/mol. The van der Waals surface area contributed by atoms with Gasteiger partial charge in [0, 0.05) is 11.1 Å². The van der Waals surface area contributed by atoms with E-state index in [-0.39, 0.29) is 17.2 Å². The minimum atomic E-state index is -0.202. The Morgan fingerprint density at radius 1 is 1.14 bits per heavy atom. The van der Waals surface area contributed by atoms with Gasteiger partial charge in [0.25, 0.3) is 0 Å². The van der Waals surface area contributed by atoms with Gasteiger partial charge in [-0.25, -0.2) is 0 Å². The van der Waals surface area contributed by atoms with Gasteiger partial charge in [-0.05, 0) is 38.0 Å². The normalized spacial score (nSPS) is 14.3. The van der Waals surface area contributed by atoms with Gasteiger partial charge in [0.1, 0.15) is 0 Å². The maximum absolute atomic E-state index is 12.4. The molecule has 144 valence electrons. The van der Waals surface area contributed by atoms with E-state index in [1.54, 1.807) is 18.2 Å². The standard InChI is InChI=1S/C20H18Cl2N4OS/c1-20(2)10-12-6-3-4-7-13(12)18-24-25-19(26(18)20)28-11-16(27)23-17-14(21)8-5-9-15(17)22/h3-9H,10-11H2,1-2H3,(H,23,27). The lowest BCUT2D eigenvalue weighted by molar-refractivity contribution is -0.113. The SMILES string of the molecule is CC1(C)Cc2ccccc2-c2nnc(SCC(=O)Nc3c(Cl)cccc3Cl)n21. The number of aromatic nitrogens is 3. The Bertz CT molecular complexity index is 1040. The molecule has 0 radical (unpaired) electrons. The summed E-state index contributed by atoms with van der Waals surface area (Å²) in [5.74, 6) is 0.812. The zero-order valence-electron chi connectivity index (χ0n) is 15.4. The molecular weight excluding hydrogens is 415 g/mol. The molecule has 1 amide bonds. The van der Waals surface area contributed by atoms with Crippen molar-refractivity contribution in [3.8, 4) is 11.4 Å². The number of benzene rings is 2. The summed E-state index contributed by atoms with van der Waals surface area (Å²) in [6.07, 6.45) is 0.878. The van der Waals surface area contributed by atoms with Crippen LogP contribution >= 0.6 is 35.0 Å². The van der Waals surface area contributed by atoms with Gasteiger partial charge in [-0.1, -0.05) is 65.3 Å². The van der Waals surface area contributed by atoms with E-state index in [0.717, 1.165) is 23.0 Å². The van der Waals surface area contributed by atoms with Crippen molar-refractivity contribution >= 4 is 46.6 Å². The van der Waals surface area contributed by atoms with Crippen molar-refractivity contribution in [3.63, 3.8) is 0 Å². The van der Waals surface area contributed by atoms with Crippen molar-refractivity contribution in [1.29, 1.82) is 0 Å². The van der Waals surface area contributed by atoms with E-state index in [2.05, 4.69) is 46.1 Å². The summed E-state index contributed by atoms with van der Waals surface area (Å²) in [6, 6.07) is 13.3. The Hall–Kier alpha value is -2.02. The summed E-state index contributed by atoms with van der Waals surface area (Å²) in [5, 5.41) is 13.1. The van der Waals surface area contributed by atoms with E-state index in [1.807, 2.05) is 12.1 Å². The minimum Gasteiger partial charge on any atom is -0.323 e. The van der Waals surface area contributed by atoms with Crippen molar-refractivity contribution in [3.05, 3.63) is 58.1 Å². The molecule has 0 saturated heterocycles. The minimum absolute atomic E-state index is 0.178. The number of halogens is 2. The average Bonchev–Trinajstić information content (AvgIpc) is 3.08. The number of hydrogen-bond acceptors (Lipinski definition) is 4. The third kappa shape index (κ3) is 3.52. The van der Waals surface area contributed by atoms with Crippen LogP contribution in [0, 0.1) is 0 Å². The maximum atomic E-state index is 12.4. The van der Waals surface area contributed by atoms with E-state index < -0.39 is 0 Å². The molecule has 0 saturated carbocycles. The van der Waals surface area contributed by atoms with E-state index in [0.29, 0.717) is 15.7 Å².